The number of benzene rings is 1. The van der Waals surface area contributed by atoms with Crippen molar-refractivity contribution in [1.29, 1.82) is 5.26 Å². The molecule has 3 N–H and O–H groups in total. The molecule has 4 nitrogen and oxygen atoms in total. The van der Waals surface area contributed by atoms with Crippen LogP contribution in [0.3, 0.4) is 0 Å². The van der Waals surface area contributed by atoms with Crippen LogP contribution in [0.2, 0.25) is 0 Å². The van der Waals surface area contributed by atoms with Crippen molar-refractivity contribution in [2.75, 3.05) is 5.32 Å². The van der Waals surface area contributed by atoms with Crippen molar-refractivity contribution in [3.63, 3.8) is 0 Å². The maximum Gasteiger partial charge on any atom is 0.241 e. The van der Waals surface area contributed by atoms with E-state index in [0.717, 1.165) is 0 Å². The van der Waals surface area contributed by atoms with Crippen LogP contribution in [0.1, 0.15) is 25.8 Å². The second-order valence-corrected chi connectivity index (χ2v) is 5.39. The molecule has 1 amide bonds. The number of hydrogen-bond acceptors (Lipinski definition) is 3. The van der Waals surface area contributed by atoms with Crippen molar-refractivity contribution in [3.05, 3.63) is 28.2 Å². The van der Waals surface area contributed by atoms with Gasteiger partial charge in [-0.1, -0.05) is 13.8 Å². The standard InChI is InChI=1S/C13H16BrN3O/c1-8(2)5-11(16)13(18)17-12-4-3-9(7-15)6-10(12)14/h3-4,6,8,11H,5,16H2,1-2H3,(H,17,18)/t11-/m0/s1. The van der Waals surface area contributed by atoms with Crippen LogP contribution < -0.4 is 11.1 Å². The van der Waals surface area contributed by atoms with Gasteiger partial charge >= 0.3 is 0 Å². The van der Waals surface area contributed by atoms with Crippen LogP contribution in [-0.4, -0.2) is 11.9 Å². The number of carbonyl (C=O) groups is 1. The number of rotatable bonds is 4. The normalized spacial score (nSPS) is 12.0. The highest BCUT2D eigenvalue weighted by Crippen LogP contribution is 2.23. The molecule has 1 aromatic carbocycles. The fraction of sp³-hybridized carbons (Fsp3) is 0.385. The molecule has 0 saturated heterocycles. The van der Waals surface area contributed by atoms with Gasteiger partial charge in [0.2, 0.25) is 5.91 Å². The Morgan fingerprint density at radius 2 is 2.22 bits per heavy atom. The van der Waals surface area contributed by atoms with E-state index in [9.17, 15) is 4.79 Å². The van der Waals surface area contributed by atoms with Crippen LogP contribution in [0.15, 0.2) is 22.7 Å². The number of hydrogen-bond donors (Lipinski definition) is 2. The minimum absolute atomic E-state index is 0.214. The monoisotopic (exact) mass is 309 g/mol. The molecule has 1 rings (SSSR count). The molecule has 0 bridgehead atoms. The highest BCUT2D eigenvalue weighted by molar-refractivity contribution is 9.10. The van der Waals surface area contributed by atoms with Gasteiger partial charge in [0.05, 0.1) is 23.4 Å². The number of nitriles is 1. The zero-order chi connectivity index (χ0) is 13.7. The van der Waals surface area contributed by atoms with Crippen molar-refractivity contribution in [1.82, 2.24) is 0 Å². The van der Waals surface area contributed by atoms with Gasteiger partial charge in [-0.15, -0.1) is 0 Å². The first kappa shape index (κ1) is 14.7. The number of nitrogens with zero attached hydrogens (tertiary/aromatic N) is 1. The molecule has 0 aliphatic heterocycles. The Labute approximate surface area is 115 Å². The average Bonchev–Trinajstić information content (AvgIpc) is 2.30. The lowest BCUT2D eigenvalue weighted by Gasteiger charge is -2.15. The largest absolute Gasteiger partial charge is 0.324 e. The minimum Gasteiger partial charge on any atom is -0.324 e. The van der Waals surface area contributed by atoms with Crippen LogP contribution in [0.25, 0.3) is 0 Å². The summed E-state index contributed by atoms with van der Waals surface area (Å²) in [5.74, 6) is 0.157. The van der Waals surface area contributed by atoms with E-state index in [-0.39, 0.29) is 5.91 Å². The number of nitrogens with one attached hydrogen (secondary N) is 1. The van der Waals surface area contributed by atoms with Crippen molar-refractivity contribution in [2.45, 2.75) is 26.3 Å². The van der Waals surface area contributed by atoms with E-state index >= 15 is 0 Å². The summed E-state index contributed by atoms with van der Waals surface area (Å²) < 4.78 is 0.673. The molecule has 0 unspecified atom stereocenters. The van der Waals surface area contributed by atoms with Gasteiger partial charge in [0.15, 0.2) is 0 Å². The lowest BCUT2D eigenvalue weighted by molar-refractivity contribution is -0.117. The van der Waals surface area contributed by atoms with E-state index in [1.54, 1.807) is 18.2 Å². The van der Waals surface area contributed by atoms with Gasteiger partial charge in [-0.2, -0.15) is 5.26 Å². The van der Waals surface area contributed by atoms with Gasteiger partial charge in [-0.3, -0.25) is 4.79 Å². The topological polar surface area (TPSA) is 78.9 Å². The molecule has 0 fully saturated rings. The Bertz CT molecular complexity index is 480. The summed E-state index contributed by atoms with van der Waals surface area (Å²) in [6.45, 7) is 4.04. The summed E-state index contributed by atoms with van der Waals surface area (Å²) in [5, 5.41) is 11.5. The van der Waals surface area contributed by atoms with Gasteiger partial charge in [-0.25, -0.2) is 0 Å². The molecule has 0 radical (unpaired) electrons. The lowest BCUT2D eigenvalue weighted by atomic mass is 10.0. The van der Waals surface area contributed by atoms with E-state index in [4.69, 9.17) is 11.0 Å². The van der Waals surface area contributed by atoms with Crippen molar-refractivity contribution >= 4 is 27.5 Å². The zero-order valence-corrected chi connectivity index (χ0v) is 12.0. The molecule has 0 aliphatic carbocycles. The molecule has 0 aromatic heterocycles. The summed E-state index contributed by atoms with van der Waals surface area (Å²) in [7, 11) is 0. The van der Waals surface area contributed by atoms with E-state index in [0.29, 0.717) is 28.1 Å². The van der Waals surface area contributed by atoms with Gasteiger partial charge in [-0.05, 0) is 46.5 Å². The van der Waals surface area contributed by atoms with Crippen LogP contribution >= 0.6 is 15.9 Å². The van der Waals surface area contributed by atoms with Crippen LogP contribution in [-0.2, 0) is 4.79 Å². The molecular formula is C13H16BrN3O. The predicted octanol–water partition coefficient (Wildman–Crippen LogP) is 2.63. The van der Waals surface area contributed by atoms with Crippen LogP contribution in [0.5, 0.6) is 0 Å². The van der Waals surface area contributed by atoms with E-state index in [2.05, 4.69) is 21.2 Å². The molecule has 0 heterocycles. The molecule has 0 spiro atoms. The summed E-state index contributed by atoms with van der Waals surface area (Å²) in [4.78, 5) is 11.8. The Balaban J connectivity index is 2.73. The summed E-state index contributed by atoms with van der Waals surface area (Å²) in [5.41, 5.74) is 6.95. The van der Waals surface area contributed by atoms with Crippen molar-refractivity contribution in [2.24, 2.45) is 11.7 Å². The zero-order valence-electron chi connectivity index (χ0n) is 10.4. The summed E-state index contributed by atoms with van der Waals surface area (Å²) >= 11 is 3.31. The maximum atomic E-state index is 11.8. The fourth-order valence-corrected chi connectivity index (χ4v) is 2.00. The van der Waals surface area contributed by atoms with Gasteiger partial charge in [0, 0.05) is 4.47 Å². The maximum absolute atomic E-state index is 11.8. The predicted molar refractivity (Wildman–Crippen MR) is 74.9 cm³/mol. The van der Waals surface area contributed by atoms with Crippen LogP contribution in [0, 0.1) is 17.2 Å². The van der Waals surface area contributed by atoms with E-state index in [1.165, 1.54) is 0 Å². The first-order chi connectivity index (χ1) is 8.43. The van der Waals surface area contributed by atoms with Gasteiger partial charge in [0.1, 0.15) is 0 Å². The number of anilines is 1. The van der Waals surface area contributed by atoms with Crippen molar-refractivity contribution in [3.8, 4) is 6.07 Å². The molecule has 0 aliphatic rings. The third-order valence-corrected chi connectivity index (χ3v) is 3.07. The Hall–Kier alpha value is -1.38. The number of nitrogens with two attached hydrogens (primary N) is 1. The van der Waals surface area contributed by atoms with E-state index in [1.807, 2.05) is 19.9 Å². The molecule has 1 aromatic rings. The summed E-state index contributed by atoms with van der Waals surface area (Å²) in [6, 6.07) is 6.50. The Morgan fingerprint density at radius 1 is 1.56 bits per heavy atom. The highest BCUT2D eigenvalue weighted by Gasteiger charge is 2.16. The average molecular weight is 310 g/mol. The second-order valence-electron chi connectivity index (χ2n) is 4.53. The molecule has 5 heteroatoms. The second kappa shape index (κ2) is 6.53. The minimum atomic E-state index is -0.521. The number of carbonyl (C=O) groups excluding carboxylic acids is 1. The molecule has 18 heavy (non-hydrogen) atoms. The van der Waals surface area contributed by atoms with Gasteiger partial charge < -0.3 is 11.1 Å². The molecule has 0 saturated carbocycles. The lowest BCUT2D eigenvalue weighted by Crippen LogP contribution is -2.36. The van der Waals surface area contributed by atoms with Crippen molar-refractivity contribution < 1.29 is 4.79 Å². The number of amides is 1. The Kier molecular flexibility index (Phi) is 5.32. The number of halogens is 1. The first-order valence-electron chi connectivity index (χ1n) is 5.70. The summed E-state index contributed by atoms with van der Waals surface area (Å²) in [6.07, 6.45) is 0.639. The fourth-order valence-electron chi connectivity index (χ4n) is 1.53. The SMILES string of the molecule is CC(C)C[C@H](N)C(=O)Nc1ccc(C#N)cc1Br. The first-order valence-corrected chi connectivity index (χ1v) is 6.49. The quantitative estimate of drug-likeness (QED) is 0.897. The molecule has 96 valence electrons. The smallest absolute Gasteiger partial charge is 0.241 e. The third-order valence-electron chi connectivity index (χ3n) is 2.42. The molecular weight excluding hydrogens is 294 g/mol. The van der Waals surface area contributed by atoms with Gasteiger partial charge in [0.25, 0.3) is 0 Å². The highest BCUT2D eigenvalue weighted by atomic mass is 79.9. The van der Waals surface area contributed by atoms with E-state index < -0.39 is 6.04 Å². The Morgan fingerprint density at radius 3 is 2.72 bits per heavy atom. The van der Waals surface area contributed by atoms with Crippen LogP contribution in [0.4, 0.5) is 5.69 Å². The third kappa shape index (κ3) is 4.13. The molecule has 1 atom stereocenters.